The van der Waals surface area contributed by atoms with Crippen LogP contribution in [0.4, 0.5) is 0 Å². The number of fused-ring (bicyclic) bond motifs is 1. The van der Waals surface area contributed by atoms with Crippen LogP contribution < -0.4 is 10.1 Å². The highest BCUT2D eigenvalue weighted by molar-refractivity contribution is 5.82. The third-order valence-electron chi connectivity index (χ3n) is 3.32. The second-order valence-corrected chi connectivity index (χ2v) is 6.04. The minimum Gasteiger partial charge on any atom is -0.487 e. The van der Waals surface area contributed by atoms with Crippen LogP contribution in [0.5, 0.6) is 5.75 Å². The van der Waals surface area contributed by atoms with Crippen LogP contribution in [0.2, 0.25) is 0 Å². The van der Waals surface area contributed by atoms with Gasteiger partial charge in [-0.15, -0.1) is 0 Å². The first-order valence-electron chi connectivity index (χ1n) is 6.56. The van der Waals surface area contributed by atoms with Crippen LogP contribution in [0.3, 0.4) is 0 Å². The highest BCUT2D eigenvalue weighted by Crippen LogP contribution is 2.43. The second kappa shape index (κ2) is 4.53. The molecule has 0 aliphatic carbocycles. The molecule has 0 amide bonds. The molecule has 1 aliphatic rings. The van der Waals surface area contributed by atoms with Crippen LogP contribution in [0.1, 0.15) is 39.7 Å². The molecule has 1 aromatic rings. The number of nitrogens with one attached hydrogen (secondary N) is 1. The van der Waals surface area contributed by atoms with E-state index in [0.717, 1.165) is 0 Å². The van der Waals surface area contributed by atoms with Crippen molar-refractivity contribution in [1.82, 2.24) is 5.32 Å². The van der Waals surface area contributed by atoms with E-state index in [1.807, 2.05) is 52.0 Å². The summed E-state index contributed by atoms with van der Waals surface area (Å²) in [6, 6.07) is 7.44. The number of para-hydroxylation sites is 1. The molecule has 0 aromatic heterocycles. The molecule has 0 bridgehead atoms. The van der Waals surface area contributed by atoms with Crippen molar-refractivity contribution in [3.05, 3.63) is 29.8 Å². The van der Waals surface area contributed by atoms with E-state index in [4.69, 9.17) is 4.74 Å². The van der Waals surface area contributed by atoms with Crippen LogP contribution in [0, 0.1) is 0 Å². The van der Waals surface area contributed by atoms with Gasteiger partial charge in [0.05, 0.1) is 0 Å². The lowest BCUT2D eigenvalue weighted by molar-refractivity contribution is -0.150. The highest BCUT2D eigenvalue weighted by atomic mass is 16.5. The number of rotatable bonds is 3. The molecule has 4 heteroatoms. The van der Waals surface area contributed by atoms with E-state index in [1.165, 1.54) is 0 Å². The number of carboxylic acids is 1. The van der Waals surface area contributed by atoms with Gasteiger partial charge in [0.15, 0.2) is 0 Å². The SMILES string of the molecule is CC(C)NC1(C(=O)O)CC(C)(C)Oc2ccccc21. The Kier molecular flexibility index (Phi) is 3.31. The predicted molar refractivity (Wildman–Crippen MR) is 73.4 cm³/mol. The molecule has 1 aliphatic heterocycles. The molecule has 0 fully saturated rings. The van der Waals surface area contributed by atoms with E-state index in [-0.39, 0.29) is 6.04 Å². The van der Waals surface area contributed by atoms with Gasteiger partial charge in [-0.1, -0.05) is 18.2 Å². The monoisotopic (exact) mass is 263 g/mol. The lowest BCUT2D eigenvalue weighted by Crippen LogP contribution is -2.58. The van der Waals surface area contributed by atoms with Crippen LogP contribution in [0.15, 0.2) is 24.3 Å². The topological polar surface area (TPSA) is 58.6 Å². The molecule has 0 radical (unpaired) electrons. The normalized spacial score (nSPS) is 24.7. The minimum atomic E-state index is -1.09. The number of hydrogen-bond donors (Lipinski definition) is 2. The zero-order chi connectivity index (χ0) is 14.3. The molecule has 1 aromatic carbocycles. The molecule has 1 atom stereocenters. The van der Waals surface area contributed by atoms with E-state index in [9.17, 15) is 9.90 Å². The predicted octanol–water partition coefficient (Wildman–Crippen LogP) is 2.53. The van der Waals surface area contributed by atoms with E-state index in [2.05, 4.69) is 5.32 Å². The summed E-state index contributed by atoms with van der Waals surface area (Å²) in [5.41, 5.74) is -0.906. The standard InChI is InChI=1S/C15H21NO3/c1-10(2)16-15(13(17)18)9-14(3,4)19-12-8-6-5-7-11(12)15/h5-8,10,16H,9H2,1-4H3,(H,17,18). The van der Waals surface area contributed by atoms with Crippen molar-refractivity contribution >= 4 is 5.97 Å². The van der Waals surface area contributed by atoms with Gasteiger partial charge in [0, 0.05) is 18.0 Å². The third-order valence-corrected chi connectivity index (χ3v) is 3.32. The molecule has 1 unspecified atom stereocenters. The molecular formula is C15H21NO3. The first-order valence-corrected chi connectivity index (χ1v) is 6.56. The molecule has 104 valence electrons. The lowest BCUT2D eigenvalue weighted by atomic mass is 9.77. The van der Waals surface area contributed by atoms with Gasteiger partial charge in [-0.05, 0) is 33.8 Å². The number of benzene rings is 1. The lowest BCUT2D eigenvalue weighted by Gasteiger charge is -2.44. The molecule has 19 heavy (non-hydrogen) atoms. The summed E-state index contributed by atoms with van der Waals surface area (Å²) in [6.45, 7) is 7.75. The maximum absolute atomic E-state index is 11.9. The van der Waals surface area contributed by atoms with Crippen LogP contribution in [-0.4, -0.2) is 22.7 Å². The summed E-state index contributed by atoms with van der Waals surface area (Å²) in [5, 5.41) is 13.0. The number of hydrogen-bond acceptors (Lipinski definition) is 3. The Morgan fingerprint density at radius 1 is 1.37 bits per heavy atom. The average molecular weight is 263 g/mol. The second-order valence-electron chi connectivity index (χ2n) is 6.04. The average Bonchev–Trinajstić information content (AvgIpc) is 2.26. The summed E-state index contributed by atoms with van der Waals surface area (Å²) >= 11 is 0. The first-order chi connectivity index (χ1) is 8.77. The molecule has 0 spiro atoms. The van der Waals surface area contributed by atoms with Crippen molar-refractivity contribution < 1.29 is 14.6 Å². The molecule has 0 saturated heterocycles. The van der Waals surface area contributed by atoms with Crippen molar-refractivity contribution in [2.75, 3.05) is 0 Å². The fraction of sp³-hybridized carbons (Fsp3) is 0.533. The summed E-state index contributed by atoms with van der Waals surface area (Å²) < 4.78 is 5.90. The van der Waals surface area contributed by atoms with Gasteiger partial charge in [0.1, 0.15) is 16.9 Å². The van der Waals surface area contributed by atoms with Crippen molar-refractivity contribution in [3.63, 3.8) is 0 Å². The van der Waals surface area contributed by atoms with E-state index in [0.29, 0.717) is 17.7 Å². The van der Waals surface area contributed by atoms with E-state index in [1.54, 1.807) is 0 Å². The molecular weight excluding hydrogens is 242 g/mol. The third kappa shape index (κ3) is 2.45. The zero-order valence-corrected chi connectivity index (χ0v) is 11.9. The van der Waals surface area contributed by atoms with Gasteiger partial charge in [-0.2, -0.15) is 0 Å². The van der Waals surface area contributed by atoms with E-state index >= 15 is 0 Å². The number of carboxylic acid groups (broad SMARTS) is 1. The Morgan fingerprint density at radius 2 is 2.00 bits per heavy atom. The maximum Gasteiger partial charge on any atom is 0.328 e. The van der Waals surface area contributed by atoms with Crippen molar-refractivity contribution in [3.8, 4) is 5.75 Å². The number of aliphatic carboxylic acids is 1. The Labute approximate surface area is 113 Å². The van der Waals surface area contributed by atoms with Gasteiger partial charge >= 0.3 is 5.97 Å². The Morgan fingerprint density at radius 3 is 2.58 bits per heavy atom. The van der Waals surface area contributed by atoms with Crippen molar-refractivity contribution in [2.24, 2.45) is 0 Å². The molecule has 1 heterocycles. The molecule has 2 rings (SSSR count). The number of ether oxygens (including phenoxy) is 1. The molecule has 4 nitrogen and oxygen atoms in total. The van der Waals surface area contributed by atoms with Gasteiger partial charge in [-0.3, -0.25) is 5.32 Å². The summed E-state index contributed by atoms with van der Waals surface area (Å²) in [5.74, 6) is -0.209. The van der Waals surface area contributed by atoms with Crippen LogP contribution in [-0.2, 0) is 10.3 Å². The van der Waals surface area contributed by atoms with Crippen LogP contribution in [0.25, 0.3) is 0 Å². The summed E-state index contributed by atoms with van der Waals surface area (Å²) in [4.78, 5) is 11.9. The molecule has 0 saturated carbocycles. The summed E-state index contributed by atoms with van der Waals surface area (Å²) in [6.07, 6.45) is 0.393. The quantitative estimate of drug-likeness (QED) is 0.879. The van der Waals surface area contributed by atoms with Gasteiger partial charge in [-0.25, -0.2) is 4.79 Å². The minimum absolute atomic E-state index is 0.0676. The van der Waals surface area contributed by atoms with Crippen molar-refractivity contribution in [2.45, 2.75) is 51.3 Å². The largest absolute Gasteiger partial charge is 0.487 e. The number of carbonyl (C=O) groups is 1. The smallest absolute Gasteiger partial charge is 0.328 e. The molecule has 2 N–H and O–H groups in total. The zero-order valence-electron chi connectivity index (χ0n) is 11.9. The van der Waals surface area contributed by atoms with E-state index < -0.39 is 17.1 Å². The van der Waals surface area contributed by atoms with Gasteiger partial charge in [0.25, 0.3) is 0 Å². The first kappa shape index (κ1) is 13.9. The highest BCUT2D eigenvalue weighted by Gasteiger charge is 2.50. The Balaban J connectivity index is 2.61. The summed E-state index contributed by atoms with van der Waals surface area (Å²) in [7, 11) is 0. The fourth-order valence-corrected chi connectivity index (χ4v) is 2.85. The maximum atomic E-state index is 11.9. The van der Waals surface area contributed by atoms with Crippen LogP contribution >= 0.6 is 0 Å². The van der Waals surface area contributed by atoms with Gasteiger partial charge < -0.3 is 9.84 Å². The Hall–Kier alpha value is -1.55. The van der Waals surface area contributed by atoms with Gasteiger partial charge in [0.2, 0.25) is 0 Å². The Bertz CT molecular complexity index is 496. The van der Waals surface area contributed by atoms with Crippen molar-refractivity contribution in [1.29, 1.82) is 0 Å². The fourth-order valence-electron chi connectivity index (χ4n) is 2.85.